The number of nitrogens with zero attached hydrogens (tertiary/aromatic N) is 2. The van der Waals surface area contributed by atoms with E-state index in [9.17, 15) is 18.0 Å². The van der Waals surface area contributed by atoms with Crippen molar-refractivity contribution in [2.24, 2.45) is 0 Å². The summed E-state index contributed by atoms with van der Waals surface area (Å²) < 4.78 is 36.6. The van der Waals surface area contributed by atoms with Crippen LogP contribution < -0.4 is 10.1 Å². The summed E-state index contributed by atoms with van der Waals surface area (Å²) in [5.41, 5.74) is 1.17. The third-order valence-electron chi connectivity index (χ3n) is 4.54. The molecule has 174 valence electrons. The number of esters is 1. The van der Waals surface area contributed by atoms with Gasteiger partial charge in [0.25, 0.3) is 5.91 Å². The SMILES string of the molecule is CCOC(=O)c1sc(NC(=O)c2ccc(OC)c(S(=O)(=O)N(C)C)c2)nc1-c1ccccc1. The van der Waals surface area contributed by atoms with E-state index in [1.165, 1.54) is 39.4 Å². The average molecular weight is 490 g/mol. The molecular formula is C22H23N3O6S2. The van der Waals surface area contributed by atoms with Gasteiger partial charge in [-0.2, -0.15) is 0 Å². The molecule has 0 aliphatic heterocycles. The van der Waals surface area contributed by atoms with Crippen LogP contribution in [-0.2, 0) is 14.8 Å². The summed E-state index contributed by atoms with van der Waals surface area (Å²) in [6.07, 6.45) is 0. The van der Waals surface area contributed by atoms with E-state index in [-0.39, 0.29) is 32.8 Å². The van der Waals surface area contributed by atoms with E-state index in [0.717, 1.165) is 15.6 Å². The van der Waals surface area contributed by atoms with Crippen LogP contribution in [0.15, 0.2) is 53.4 Å². The van der Waals surface area contributed by atoms with Crippen LogP contribution in [0.1, 0.15) is 27.0 Å². The molecule has 9 nitrogen and oxygen atoms in total. The third kappa shape index (κ3) is 5.21. The molecule has 1 aromatic heterocycles. The number of ether oxygens (including phenoxy) is 2. The fourth-order valence-corrected chi connectivity index (χ4v) is 4.84. The van der Waals surface area contributed by atoms with Crippen LogP contribution in [0.25, 0.3) is 11.3 Å². The highest BCUT2D eigenvalue weighted by Crippen LogP contribution is 2.33. The van der Waals surface area contributed by atoms with Gasteiger partial charge in [-0.1, -0.05) is 41.7 Å². The number of nitrogens with one attached hydrogen (secondary N) is 1. The summed E-state index contributed by atoms with van der Waals surface area (Å²) in [4.78, 5) is 29.9. The zero-order chi connectivity index (χ0) is 24.2. The standard InChI is InChI=1S/C22H23N3O6S2/c1-5-31-21(27)19-18(14-9-7-6-8-10-14)23-22(32-19)24-20(26)15-11-12-16(30-4)17(13-15)33(28,29)25(2)3/h6-13H,5H2,1-4H3,(H,23,24,26). The van der Waals surface area contributed by atoms with Crippen molar-refractivity contribution in [3.05, 3.63) is 59.0 Å². The summed E-state index contributed by atoms with van der Waals surface area (Å²) in [7, 11) is 0.274. The molecule has 33 heavy (non-hydrogen) atoms. The Morgan fingerprint density at radius 1 is 1.12 bits per heavy atom. The Kier molecular flexibility index (Phi) is 7.46. The van der Waals surface area contributed by atoms with Crippen molar-refractivity contribution in [1.29, 1.82) is 0 Å². The Morgan fingerprint density at radius 3 is 2.42 bits per heavy atom. The van der Waals surface area contributed by atoms with E-state index in [2.05, 4.69) is 10.3 Å². The number of benzene rings is 2. The van der Waals surface area contributed by atoms with Gasteiger partial charge >= 0.3 is 5.97 Å². The van der Waals surface area contributed by atoms with E-state index >= 15 is 0 Å². The van der Waals surface area contributed by atoms with Gasteiger partial charge in [0.2, 0.25) is 10.0 Å². The molecule has 0 atom stereocenters. The van der Waals surface area contributed by atoms with Gasteiger partial charge in [0, 0.05) is 25.2 Å². The highest BCUT2D eigenvalue weighted by Gasteiger charge is 2.25. The maximum atomic E-state index is 12.9. The molecular weight excluding hydrogens is 466 g/mol. The lowest BCUT2D eigenvalue weighted by Crippen LogP contribution is -2.23. The number of carbonyl (C=O) groups is 2. The normalized spacial score (nSPS) is 11.3. The zero-order valence-electron chi connectivity index (χ0n) is 18.5. The minimum atomic E-state index is -3.85. The van der Waals surface area contributed by atoms with E-state index in [1.807, 2.05) is 18.2 Å². The Morgan fingerprint density at radius 2 is 1.82 bits per heavy atom. The molecule has 0 bridgehead atoms. The molecule has 0 spiro atoms. The highest BCUT2D eigenvalue weighted by atomic mass is 32.2. The lowest BCUT2D eigenvalue weighted by atomic mass is 10.1. The smallest absolute Gasteiger partial charge is 0.350 e. The number of rotatable bonds is 8. The molecule has 3 aromatic rings. The summed E-state index contributed by atoms with van der Waals surface area (Å²) in [6.45, 7) is 1.90. The lowest BCUT2D eigenvalue weighted by molar-refractivity contribution is 0.0532. The Labute approximate surface area is 196 Å². The molecule has 0 saturated heterocycles. The van der Waals surface area contributed by atoms with Crippen molar-refractivity contribution in [1.82, 2.24) is 9.29 Å². The van der Waals surface area contributed by atoms with Crippen LogP contribution in [-0.4, -0.2) is 57.4 Å². The van der Waals surface area contributed by atoms with Crippen molar-refractivity contribution < 1.29 is 27.5 Å². The number of aromatic nitrogens is 1. The van der Waals surface area contributed by atoms with Crippen molar-refractivity contribution >= 4 is 38.4 Å². The maximum absolute atomic E-state index is 12.9. The topological polar surface area (TPSA) is 115 Å². The largest absolute Gasteiger partial charge is 0.495 e. The van der Waals surface area contributed by atoms with E-state index in [1.54, 1.807) is 19.1 Å². The molecule has 3 rings (SSSR count). The van der Waals surface area contributed by atoms with E-state index in [4.69, 9.17) is 9.47 Å². The van der Waals surface area contributed by atoms with Crippen molar-refractivity contribution in [2.45, 2.75) is 11.8 Å². The minimum Gasteiger partial charge on any atom is -0.495 e. The second-order valence-electron chi connectivity index (χ2n) is 6.89. The summed E-state index contributed by atoms with van der Waals surface area (Å²) in [6, 6.07) is 13.1. The molecule has 1 amide bonds. The number of thiazole rings is 1. The zero-order valence-corrected chi connectivity index (χ0v) is 20.1. The molecule has 2 aromatic carbocycles. The monoisotopic (exact) mass is 489 g/mol. The lowest BCUT2D eigenvalue weighted by Gasteiger charge is -2.15. The molecule has 1 heterocycles. The van der Waals surface area contributed by atoms with Crippen molar-refractivity contribution in [3.63, 3.8) is 0 Å². The molecule has 0 fully saturated rings. The van der Waals surface area contributed by atoms with Crippen molar-refractivity contribution in [2.75, 3.05) is 33.1 Å². The quantitative estimate of drug-likeness (QED) is 0.482. The van der Waals surface area contributed by atoms with Gasteiger partial charge in [-0.3, -0.25) is 10.1 Å². The summed E-state index contributed by atoms with van der Waals surface area (Å²) >= 11 is 0.979. The first-order chi connectivity index (χ1) is 15.7. The Bertz CT molecular complexity index is 1270. The Balaban J connectivity index is 1.97. The molecule has 0 aliphatic carbocycles. The van der Waals surface area contributed by atoms with Gasteiger partial charge in [0.05, 0.1) is 19.4 Å². The first-order valence-electron chi connectivity index (χ1n) is 9.84. The number of methoxy groups -OCH3 is 1. The molecule has 0 saturated carbocycles. The number of hydrogen-bond donors (Lipinski definition) is 1. The van der Waals surface area contributed by atoms with Gasteiger partial charge in [0.15, 0.2) is 5.13 Å². The van der Waals surface area contributed by atoms with Crippen LogP contribution in [0.5, 0.6) is 5.75 Å². The summed E-state index contributed by atoms with van der Waals surface area (Å²) in [5.74, 6) is -1.01. The molecule has 0 unspecified atom stereocenters. The van der Waals surface area contributed by atoms with E-state index < -0.39 is 21.9 Å². The van der Waals surface area contributed by atoms with Gasteiger partial charge < -0.3 is 9.47 Å². The second kappa shape index (κ2) is 10.1. The number of sulfonamides is 1. The van der Waals surface area contributed by atoms with Crippen LogP contribution in [0.4, 0.5) is 5.13 Å². The maximum Gasteiger partial charge on any atom is 0.350 e. The molecule has 0 radical (unpaired) electrons. The minimum absolute atomic E-state index is 0.0883. The van der Waals surface area contributed by atoms with Crippen molar-refractivity contribution in [3.8, 4) is 17.0 Å². The van der Waals surface area contributed by atoms with Crippen LogP contribution >= 0.6 is 11.3 Å². The third-order valence-corrected chi connectivity index (χ3v) is 7.33. The average Bonchev–Trinajstić information content (AvgIpc) is 3.23. The van der Waals surface area contributed by atoms with Crippen LogP contribution in [0.2, 0.25) is 0 Å². The van der Waals surface area contributed by atoms with Gasteiger partial charge in [-0.15, -0.1) is 0 Å². The number of anilines is 1. The molecule has 1 N–H and O–H groups in total. The van der Waals surface area contributed by atoms with E-state index in [0.29, 0.717) is 11.3 Å². The molecule has 11 heteroatoms. The fourth-order valence-electron chi connectivity index (χ4n) is 2.89. The second-order valence-corrected chi connectivity index (χ2v) is 10.0. The first kappa shape index (κ1) is 24.4. The Hall–Kier alpha value is -3.28. The van der Waals surface area contributed by atoms with Crippen LogP contribution in [0, 0.1) is 0 Å². The molecule has 0 aliphatic rings. The van der Waals surface area contributed by atoms with Crippen LogP contribution in [0.3, 0.4) is 0 Å². The van der Waals surface area contributed by atoms with Gasteiger partial charge in [-0.25, -0.2) is 22.5 Å². The number of amides is 1. The van der Waals surface area contributed by atoms with Gasteiger partial charge in [-0.05, 0) is 25.1 Å². The first-order valence-corrected chi connectivity index (χ1v) is 12.1. The van der Waals surface area contributed by atoms with Gasteiger partial charge in [0.1, 0.15) is 15.5 Å². The fraction of sp³-hybridized carbons (Fsp3) is 0.227. The summed E-state index contributed by atoms with van der Waals surface area (Å²) in [5, 5.41) is 2.82. The number of carbonyl (C=O) groups excluding carboxylic acids is 2. The predicted molar refractivity (Wildman–Crippen MR) is 125 cm³/mol. The highest BCUT2D eigenvalue weighted by molar-refractivity contribution is 7.89. The predicted octanol–water partition coefficient (Wildman–Crippen LogP) is 3.50. The number of hydrogen-bond acceptors (Lipinski definition) is 8.